The van der Waals surface area contributed by atoms with Gasteiger partial charge in [-0.25, -0.2) is 0 Å². The lowest BCUT2D eigenvalue weighted by atomic mass is 9.93. The molecule has 0 aliphatic heterocycles. The monoisotopic (exact) mass is 266 g/mol. The van der Waals surface area contributed by atoms with Gasteiger partial charge in [-0.15, -0.1) is 0 Å². The van der Waals surface area contributed by atoms with Crippen LogP contribution in [-0.4, -0.2) is 41.4 Å². The van der Waals surface area contributed by atoms with E-state index in [1.807, 2.05) is 17.9 Å². The van der Waals surface area contributed by atoms with E-state index in [0.717, 1.165) is 19.0 Å². The smallest absolute Gasteiger partial charge is 0.0537 e. The van der Waals surface area contributed by atoms with Gasteiger partial charge in [-0.3, -0.25) is 4.68 Å². The van der Waals surface area contributed by atoms with Crippen molar-refractivity contribution in [3.8, 4) is 0 Å². The summed E-state index contributed by atoms with van der Waals surface area (Å²) in [6.45, 7) is 8.64. The molecule has 1 aromatic rings. The normalized spacial score (nSPS) is 13.5. The molecule has 0 saturated carbocycles. The largest absolute Gasteiger partial charge is 0.311 e. The highest BCUT2D eigenvalue weighted by Crippen LogP contribution is 2.16. The molecule has 0 aliphatic rings. The summed E-state index contributed by atoms with van der Waals surface area (Å²) in [5.74, 6) is 0.762. The van der Waals surface area contributed by atoms with E-state index < -0.39 is 0 Å². The van der Waals surface area contributed by atoms with Crippen LogP contribution in [0.3, 0.4) is 0 Å². The first-order chi connectivity index (χ1) is 9.01. The van der Waals surface area contributed by atoms with Crippen LogP contribution in [0.2, 0.25) is 0 Å². The zero-order valence-corrected chi connectivity index (χ0v) is 13.4. The van der Waals surface area contributed by atoms with Crippen molar-refractivity contribution >= 4 is 0 Å². The Hall–Kier alpha value is -0.870. The molecule has 0 aromatic carbocycles. The first-order valence-electron chi connectivity index (χ1n) is 7.35. The Balaban J connectivity index is 2.51. The second-order valence-corrected chi connectivity index (χ2v) is 5.62. The van der Waals surface area contributed by atoms with Crippen molar-refractivity contribution in [2.45, 2.75) is 46.2 Å². The van der Waals surface area contributed by atoms with Gasteiger partial charge >= 0.3 is 0 Å². The summed E-state index contributed by atoms with van der Waals surface area (Å²) in [6, 6.07) is 0.604. The highest BCUT2D eigenvalue weighted by Gasteiger charge is 2.20. The number of aromatic nitrogens is 2. The molecule has 4 heteroatoms. The van der Waals surface area contributed by atoms with Gasteiger partial charge in [0.05, 0.1) is 6.20 Å². The molecule has 1 N–H and O–H groups in total. The van der Waals surface area contributed by atoms with Crippen molar-refractivity contribution in [1.82, 2.24) is 20.0 Å². The molecule has 0 bridgehead atoms. The average molecular weight is 266 g/mol. The topological polar surface area (TPSA) is 33.1 Å². The molecule has 110 valence electrons. The van der Waals surface area contributed by atoms with E-state index in [2.05, 4.69) is 50.2 Å². The molecule has 0 amide bonds. The molecule has 0 spiro atoms. The third kappa shape index (κ3) is 4.32. The van der Waals surface area contributed by atoms with Gasteiger partial charge in [0.25, 0.3) is 0 Å². The molecule has 1 atom stereocenters. The highest BCUT2D eigenvalue weighted by atomic mass is 15.3. The molecule has 1 heterocycles. The number of nitrogens with one attached hydrogen (secondary N) is 1. The number of likely N-dealkylation sites (N-methyl/N-ethyl adjacent to an activating group) is 1. The van der Waals surface area contributed by atoms with E-state index in [9.17, 15) is 0 Å². The van der Waals surface area contributed by atoms with Gasteiger partial charge < -0.3 is 10.2 Å². The van der Waals surface area contributed by atoms with Gasteiger partial charge in [0, 0.05) is 37.4 Å². The summed E-state index contributed by atoms with van der Waals surface area (Å²) in [4.78, 5) is 2.35. The number of hydrogen-bond donors (Lipinski definition) is 1. The average Bonchev–Trinajstić information content (AvgIpc) is 2.69. The minimum absolute atomic E-state index is 0.604. The van der Waals surface area contributed by atoms with Gasteiger partial charge in [-0.1, -0.05) is 26.7 Å². The van der Waals surface area contributed by atoms with Crippen molar-refractivity contribution in [3.05, 3.63) is 17.5 Å². The second kappa shape index (κ2) is 7.65. The van der Waals surface area contributed by atoms with E-state index in [0.29, 0.717) is 6.04 Å². The molecule has 0 aliphatic carbocycles. The van der Waals surface area contributed by atoms with Crippen LogP contribution in [0.5, 0.6) is 0 Å². The zero-order valence-electron chi connectivity index (χ0n) is 13.4. The fraction of sp³-hybridized carbons (Fsp3) is 0.800. The standard InChI is InChI=1S/C15H30N4/c1-7-13(8-2)15(18(4)5)11-16-9-14-10-17-19(6)12(14)3/h10,13,15-16H,7-9,11H2,1-6H3. The Kier molecular flexibility index (Phi) is 6.52. The quantitative estimate of drug-likeness (QED) is 0.783. The van der Waals surface area contributed by atoms with Crippen molar-refractivity contribution in [3.63, 3.8) is 0 Å². The molecule has 19 heavy (non-hydrogen) atoms. The summed E-state index contributed by atoms with van der Waals surface area (Å²) in [7, 11) is 6.35. The third-order valence-electron chi connectivity index (χ3n) is 4.26. The molecular formula is C15H30N4. The van der Waals surface area contributed by atoms with E-state index in [4.69, 9.17) is 0 Å². The van der Waals surface area contributed by atoms with Crippen molar-refractivity contribution in [2.24, 2.45) is 13.0 Å². The third-order valence-corrected chi connectivity index (χ3v) is 4.26. The Morgan fingerprint density at radius 3 is 2.37 bits per heavy atom. The molecule has 0 radical (unpaired) electrons. The van der Waals surface area contributed by atoms with Crippen LogP contribution in [0.25, 0.3) is 0 Å². The van der Waals surface area contributed by atoms with Gasteiger partial charge in [-0.05, 0) is 26.9 Å². The Labute approximate surface area is 118 Å². The number of rotatable bonds is 8. The van der Waals surface area contributed by atoms with E-state index >= 15 is 0 Å². The number of nitrogens with zero attached hydrogens (tertiary/aromatic N) is 3. The van der Waals surface area contributed by atoms with E-state index in [1.165, 1.54) is 24.1 Å². The SMILES string of the molecule is CCC(CC)C(CNCc1cnn(C)c1C)N(C)C. The van der Waals surface area contributed by atoms with Gasteiger partial charge in [0.15, 0.2) is 0 Å². The lowest BCUT2D eigenvalue weighted by Gasteiger charge is -2.31. The summed E-state index contributed by atoms with van der Waals surface area (Å²) < 4.78 is 1.93. The summed E-state index contributed by atoms with van der Waals surface area (Å²) in [5, 5.41) is 7.87. The molecule has 0 fully saturated rings. The zero-order chi connectivity index (χ0) is 14.4. The Morgan fingerprint density at radius 2 is 1.95 bits per heavy atom. The molecular weight excluding hydrogens is 236 g/mol. The second-order valence-electron chi connectivity index (χ2n) is 5.62. The predicted molar refractivity (Wildman–Crippen MR) is 81.2 cm³/mol. The van der Waals surface area contributed by atoms with Crippen LogP contribution >= 0.6 is 0 Å². The van der Waals surface area contributed by atoms with E-state index in [1.54, 1.807) is 0 Å². The maximum atomic E-state index is 4.28. The van der Waals surface area contributed by atoms with Crippen LogP contribution in [0.15, 0.2) is 6.20 Å². The van der Waals surface area contributed by atoms with Crippen LogP contribution in [-0.2, 0) is 13.6 Å². The van der Waals surface area contributed by atoms with Crippen LogP contribution in [0.1, 0.15) is 37.9 Å². The molecule has 1 aromatic heterocycles. The lowest BCUT2D eigenvalue weighted by Crippen LogP contribution is -2.42. The number of aryl methyl sites for hydroxylation is 1. The Morgan fingerprint density at radius 1 is 1.32 bits per heavy atom. The van der Waals surface area contributed by atoms with Crippen LogP contribution < -0.4 is 5.32 Å². The lowest BCUT2D eigenvalue weighted by molar-refractivity contribution is 0.194. The molecule has 1 rings (SSSR count). The predicted octanol–water partition coefficient (Wildman–Crippen LogP) is 2.18. The van der Waals surface area contributed by atoms with Gasteiger partial charge in [-0.2, -0.15) is 5.10 Å². The van der Waals surface area contributed by atoms with Crippen molar-refractivity contribution in [1.29, 1.82) is 0 Å². The number of hydrogen-bond acceptors (Lipinski definition) is 3. The summed E-state index contributed by atoms with van der Waals surface area (Å²) in [5.41, 5.74) is 2.54. The molecule has 0 saturated heterocycles. The Bertz CT molecular complexity index is 366. The highest BCUT2D eigenvalue weighted by molar-refractivity contribution is 5.15. The summed E-state index contributed by atoms with van der Waals surface area (Å²) in [6.07, 6.45) is 4.45. The molecule has 4 nitrogen and oxygen atoms in total. The van der Waals surface area contributed by atoms with Crippen molar-refractivity contribution < 1.29 is 0 Å². The van der Waals surface area contributed by atoms with Gasteiger partial charge in [0.2, 0.25) is 0 Å². The van der Waals surface area contributed by atoms with Crippen LogP contribution in [0.4, 0.5) is 0 Å². The minimum atomic E-state index is 0.604. The van der Waals surface area contributed by atoms with E-state index in [-0.39, 0.29) is 0 Å². The van der Waals surface area contributed by atoms with Gasteiger partial charge in [0.1, 0.15) is 0 Å². The first kappa shape index (κ1) is 16.2. The maximum absolute atomic E-state index is 4.28. The first-order valence-corrected chi connectivity index (χ1v) is 7.35. The maximum Gasteiger partial charge on any atom is 0.0537 e. The van der Waals surface area contributed by atoms with Crippen molar-refractivity contribution in [2.75, 3.05) is 20.6 Å². The summed E-state index contributed by atoms with van der Waals surface area (Å²) >= 11 is 0. The fourth-order valence-corrected chi connectivity index (χ4v) is 2.68. The molecule has 1 unspecified atom stereocenters. The van der Waals surface area contributed by atoms with Crippen LogP contribution in [0, 0.1) is 12.8 Å². The minimum Gasteiger partial charge on any atom is -0.311 e. The fourth-order valence-electron chi connectivity index (χ4n) is 2.68.